The maximum atomic E-state index is 12.3. The summed E-state index contributed by atoms with van der Waals surface area (Å²) in [5.74, 6) is -0.102. The summed E-state index contributed by atoms with van der Waals surface area (Å²) < 4.78 is 26.9. The monoisotopic (exact) mass is 375 g/mol. The molecule has 0 atom stereocenters. The molecule has 0 heterocycles. The second-order valence-electron chi connectivity index (χ2n) is 6.54. The van der Waals surface area contributed by atoms with Crippen molar-refractivity contribution in [2.75, 3.05) is 30.9 Å². The van der Waals surface area contributed by atoms with Gasteiger partial charge in [0.05, 0.1) is 11.4 Å². The first kappa shape index (κ1) is 19.9. The third-order valence-electron chi connectivity index (χ3n) is 3.95. The molecule has 0 aromatic heterocycles. The summed E-state index contributed by atoms with van der Waals surface area (Å²) in [4.78, 5) is 14.1. The maximum absolute atomic E-state index is 12.3. The highest BCUT2D eigenvalue weighted by atomic mass is 32.2. The van der Waals surface area contributed by atoms with Crippen molar-refractivity contribution >= 4 is 27.3 Å². The Morgan fingerprint density at radius 2 is 1.58 bits per heavy atom. The van der Waals surface area contributed by atoms with Crippen molar-refractivity contribution in [2.45, 2.75) is 24.7 Å². The predicted molar refractivity (Wildman–Crippen MR) is 105 cm³/mol. The Bertz CT molecular complexity index is 843. The van der Waals surface area contributed by atoms with Crippen molar-refractivity contribution < 1.29 is 13.2 Å². The zero-order chi connectivity index (χ0) is 19.3. The van der Waals surface area contributed by atoms with Crippen molar-refractivity contribution in [2.24, 2.45) is 0 Å². The lowest BCUT2D eigenvalue weighted by molar-refractivity contribution is -0.115. The summed E-state index contributed by atoms with van der Waals surface area (Å²) in [7, 11) is 0.128. The summed E-state index contributed by atoms with van der Waals surface area (Å²) >= 11 is 0. The van der Waals surface area contributed by atoms with Gasteiger partial charge in [-0.1, -0.05) is 26.0 Å². The molecule has 7 heteroatoms. The van der Waals surface area contributed by atoms with E-state index < -0.39 is 15.9 Å². The molecule has 140 valence electrons. The Morgan fingerprint density at radius 3 is 2.08 bits per heavy atom. The largest absolute Gasteiger partial charge is 0.378 e. The summed E-state index contributed by atoms with van der Waals surface area (Å²) in [5, 5.41) is 2.67. The van der Waals surface area contributed by atoms with E-state index in [1.165, 1.54) is 0 Å². The SMILES string of the molecule is CC(C)c1ccc(S(=O)(=O)NCC(=O)Nc2ccc(N(C)C)cc2)cc1. The van der Waals surface area contributed by atoms with Crippen LogP contribution in [0.4, 0.5) is 11.4 Å². The Balaban J connectivity index is 1.94. The van der Waals surface area contributed by atoms with E-state index in [0.717, 1.165) is 11.3 Å². The lowest BCUT2D eigenvalue weighted by Crippen LogP contribution is -2.32. The van der Waals surface area contributed by atoms with E-state index in [1.54, 1.807) is 36.4 Å². The van der Waals surface area contributed by atoms with E-state index in [2.05, 4.69) is 10.0 Å². The van der Waals surface area contributed by atoms with Crippen LogP contribution in [-0.4, -0.2) is 35.0 Å². The normalized spacial score (nSPS) is 11.4. The standard InChI is InChI=1S/C19H25N3O3S/c1-14(2)15-5-11-18(12-6-15)26(24,25)20-13-19(23)21-16-7-9-17(10-8-16)22(3)4/h5-12,14,20H,13H2,1-4H3,(H,21,23). The van der Waals surface area contributed by atoms with E-state index in [-0.39, 0.29) is 11.4 Å². The third kappa shape index (κ3) is 5.31. The number of rotatable bonds is 7. The third-order valence-corrected chi connectivity index (χ3v) is 5.36. The van der Waals surface area contributed by atoms with E-state index in [4.69, 9.17) is 0 Å². The van der Waals surface area contributed by atoms with Crippen LogP contribution in [0.25, 0.3) is 0 Å². The molecule has 26 heavy (non-hydrogen) atoms. The molecule has 0 unspecified atom stereocenters. The van der Waals surface area contributed by atoms with Gasteiger partial charge in [-0.3, -0.25) is 4.79 Å². The average molecular weight is 375 g/mol. The topological polar surface area (TPSA) is 78.5 Å². The van der Waals surface area contributed by atoms with Crippen molar-refractivity contribution in [3.8, 4) is 0 Å². The van der Waals surface area contributed by atoms with Gasteiger partial charge in [0.2, 0.25) is 15.9 Å². The average Bonchev–Trinajstić information content (AvgIpc) is 2.60. The molecule has 0 saturated carbocycles. The quantitative estimate of drug-likeness (QED) is 0.780. The van der Waals surface area contributed by atoms with Gasteiger partial charge in [0.25, 0.3) is 0 Å². The fraction of sp³-hybridized carbons (Fsp3) is 0.316. The number of sulfonamides is 1. The van der Waals surface area contributed by atoms with Crippen molar-refractivity contribution in [1.82, 2.24) is 4.72 Å². The molecular formula is C19H25N3O3S. The number of carbonyl (C=O) groups is 1. The van der Waals surface area contributed by atoms with E-state index in [1.807, 2.05) is 45.0 Å². The predicted octanol–water partition coefficient (Wildman–Crippen LogP) is 2.79. The molecule has 0 aliphatic heterocycles. The summed E-state index contributed by atoms with van der Waals surface area (Å²) in [6.07, 6.45) is 0. The molecule has 0 spiro atoms. The number of carbonyl (C=O) groups excluding carboxylic acids is 1. The fourth-order valence-corrected chi connectivity index (χ4v) is 3.31. The molecule has 0 radical (unpaired) electrons. The molecule has 2 aromatic rings. The number of amides is 1. The van der Waals surface area contributed by atoms with Crippen molar-refractivity contribution in [3.05, 3.63) is 54.1 Å². The maximum Gasteiger partial charge on any atom is 0.241 e. The van der Waals surface area contributed by atoms with E-state index in [9.17, 15) is 13.2 Å². The van der Waals surface area contributed by atoms with E-state index >= 15 is 0 Å². The van der Waals surface area contributed by atoms with Gasteiger partial charge in [-0.2, -0.15) is 0 Å². The van der Waals surface area contributed by atoms with Gasteiger partial charge in [0.1, 0.15) is 0 Å². The highest BCUT2D eigenvalue weighted by molar-refractivity contribution is 7.89. The zero-order valence-corrected chi connectivity index (χ0v) is 16.3. The van der Waals surface area contributed by atoms with Crippen LogP contribution in [-0.2, 0) is 14.8 Å². The van der Waals surface area contributed by atoms with Gasteiger partial charge in [-0.25, -0.2) is 13.1 Å². The first-order chi connectivity index (χ1) is 12.2. The van der Waals surface area contributed by atoms with Gasteiger partial charge >= 0.3 is 0 Å². The molecule has 0 fully saturated rings. The number of hydrogen-bond acceptors (Lipinski definition) is 4. The summed E-state index contributed by atoms with van der Waals surface area (Å²) in [6, 6.07) is 14.0. The summed E-state index contributed by atoms with van der Waals surface area (Å²) in [6.45, 7) is 3.75. The highest BCUT2D eigenvalue weighted by Crippen LogP contribution is 2.17. The first-order valence-corrected chi connectivity index (χ1v) is 9.84. The molecule has 1 amide bonds. The van der Waals surface area contributed by atoms with Gasteiger partial charge < -0.3 is 10.2 Å². The lowest BCUT2D eigenvalue weighted by atomic mass is 10.0. The number of hydrogen-bond donors (Lipinski definition) is 2. The van der Waals surface area contributed by atoms with Crippen molar-refractivity contribution in [3.63, 3.8) is 0 Å². The van der Waals surface area contributed by atoms with Crippen LogP contribution in [0.2, 0.25) is 0 Å². The van der Waals surface area contributed by atoms with Crippen molar-refractivity contribution in [1.29, 1.82) is 0 Å². The van der Waals surface area contributed by atoms with Crippen LogP contribution in [0.15, 0.2) is 53.4 Å². The van der Waals surface area contributed by atoms with Crippen LogP contribution in [0.5, 0.6) is 0 Å². The molecule has 0 aliphatic carbocycles. The second-order valence-corrected chi connectivity index (χ2v) is 8.30. The highest BCUT2D eigenvalue weighted by Gasteiger charge is 2.16. The van der Waals surface area contributed by atoms with Crippen LogP contribution in [0, 0.1) is 0 Å². The van der Waals surface area contributed by atoms with Gasteiger partial charge in [0.15, 0.2) is 0 Å². The van der Waals surface area contributed by atoms with E-state index in [0.29, 0.717) is 11.6 Å². The smallest absolute Gasteiger partial charge is 0.241 e. The summed E-state index contributed by atoms with van der Waals surface area (Å²) in [5.41, 5.74) is 2.68. The Morgan fingerprint density at radius 1 is 1.00 bits per heavy atom. The van der Waals surface area contributed by atoms with Crippen LogP contribution in [0.3, 0.4) is 0 Å². The molecular weight excluding hydrogens is 350 g/mol. The lowest BCUT2D eigenvalue weighted by Gasteiger charge is -2.13. The van der Waals surface area contributed by atoms with Crippen LogP contribution < -0.4 is 14.9 Å². The molecule has 6 nitrogen and oxygen atoms in total. The van der Waals surface area contributed by atoms with Crippen LogP contribution in [0.1, 0.15) is 25.3 Å². The second kappa shape index (κ2) is 8.33. The molecule has 2 rings (SSSR count). The molecule has 2 N–H and O–H groups in total. The molecule has 0 aliphatic rings. The number of nitrogens with zero attached hydrogens (tertiary/aromatic N) is 1. The zero-order valence-electron chi connectivity index (χ0n) is 15.5. The fourth-order valence-electron chi connectivity index (χ4n) is 2.32. The molecule has 2 aromatic carbocycles. The Hall–Kier alpha value is -2.38. The van der Waals surface area contributed by atoms with Gasteiger partial charge in [0, 0.05) is 25.5 Å². The Kier molecular flexibility index (Phi) is 6.39. The number of benzene rings is 2. The first-order valence-electron chi connectivity index (χ1n) is 8.36. The number of anilines is 2. The molecule has 0 saturated heterocycles. The van der Waals surface area contributed by atoms with Gasteiger partial charge in [-0.15, -0.1) is 0 Å². The van der Waals surface area contributed by atoms with Gasteiger partial charge in [-0.05, 0) is 47.9 Å². The minimum Gasteiger partial charge on any atom is -0.378 e. The minimum absolute atomic E-state index is 0.144. The minimum atomic E-state index is -3.73. The Labute approximate surface area is 155 Å². The number of nitrogens with one attached hydrogen (secondary N) is 2. The molecule has 0 bridgehead atoms. The van der Waals surface area contributed by atoms with Crippen LogP contribution >= 0.6 is 0 Å².